The van der Waals surface area contributed by atoms with Crippen LogP contribution in [0.5, 0.6) is 5.88 Å². The predicted molar refractivity (Wildman–Crippen MR) is 71.0 cm³/mol. The molecule has 1 N–H and O–H groups in total. The minimum atomic E-state index is -0.119. The van der Waals surface area contributed by atoms with Crippen LogP contribution in [0.25, 0.3) is 0 Å². The van der Waals surface area contributed by atoms with E-state index in [1.165, 1.54) is 6.33 Å². The summed E-state index contributed by atoms with van der Waals surface area (Å²) in [6.45, 7) is 6.17. The topological polar surface area (TPSA) is 47.0 Å². The molecule has 0 aliphatic heterocycles. The summed E-state index contributed by atoms with van der Waals surface area (Å²) in [5.74, 6) is 1.94. The Labute approximate surface area is 108 Å². The van der Waals surface area contributed by atoms with E-state index in [4.69, 9.17) is 16.3 Å². The van der Waals surface area contributed by atoms with Gasteiger partial charge in [-0.15, -0.1) is 11.6 Å². The van der Waals surface area contributed by atoms with E-state index in [1.54, 1.807) is 7.11 Å². The van der Waals surface area contributed by atoms with Crippen LogP contribution in [0, 0.1) is 6.92 Å². The number of methoxy groups -OCH3 is 1. The zero-order valence-electron chi connectivity index (χ0n) is 10.9. The van der Waals surface area contributed by atoms with Gasteiger partial charge >= 0.3 is 0 Å². The van der Waals surface area contributed by atoms with Crippen molar-refractivity contribution in [3.05, 3.63) is 11.9 Å². The molecule has 0 spiro atoms. The third kappa shape index (κ3) is 3.00. The summed E-state index contributed by atoms with van der Waals surface area (Å²) in [6.07, 6.45) is 3.38. The lowest BCUT2D eigenvalue weighted by molar-refractivity contribution is 0.393. The van der Waals surface area contributed by atoms with Crippen LogP contribution in [0.4, 0.5) is 5.82 Å². The summed E-state index contributed by atoms with van der Waals surface area (Å²) in [5.41, 5.74) is 0.789. The summed E-state index contributed by atoms with van der Waals surface area (Å²) in [5, 5.41) is 3.42. The number of anilines is 1. The van der Waals surface area contributed by atoms with E-state index in [0.29, 0.717) is 11.8 Å². The van der Waals surface area contributed by atoms with Gasteiger partial charge in [0.05, 0.1) is 18.2 Å². The van der Waals surface area contributed by atoms with E-state index >= 15 is 0 Å². The standard InChI is InChI=1S/C12H20ClN3O/c1-5-12(6-2,7-13)16-10-9(3)11(17-4)15-8-14-10/h8H,5-7H2,1-4H3,(H,14,15,16). The highest BCUT2D eigenvalue weighted by Crippen LogP contribution is 2.27. The molecular formula is C12H20ClN3O. The summed E-state index contributed by atoms with van der Waals surface area (Å²) in [7, 11) is 1.60. The number of nitrogens with zero attached hydrogens (tertiary/aromatic N) is 2. The van der Waals surface area contributed by atoms with Gasteiger partial charge in [-0.2, -0.15) is 0 Å². The highest BCUT2D eigenvalue weighted by Gasteiger charge is 2.26. The Morgan fingerprint density at radius 1 is 1.35 bits per heavy atom. The molecule has 5 heteroatoms. The van der Waals surface area contributed by atoms with E-state index in [2.05, 4.69) is 29.1 Å². The van der Waals surface area contributed by atoms with Crippen molar-refractivity contribution in [1.82, 2.24) is 9.97 Å². The molecule has 0 fully saturated rings. The monoisotopic (exact) mass is 257 g/mol. The van der Waals surface area contributed by atoms with E-state index in [-0.39, 0.29) is 5.54 Å². The van der Waals surface area contributed by atoms with E-state index in [9.17, 15) is 0 Å². The van der Waals surface area contributed by atoms with E-state index in [1.807, 2.05) is 6.92 Å². The third-order valence-electron chi connectivity index (χ3n) is 3.22. The lowest BCUT2D eigenvalue weighted by Gasteiger charge is -2.31. The molecule has 1 aromatic heterocycles. The fourth-order valence-corrected chi connectivity index (χ4v) is 2.11. The molecule has 0 radical (unpaired) electrons. The Bertz CT molecular complexity index is 359. The van der Waals surface area contributed by atoms with Crippen LogP contribution in [-0.4, -0.2) is 28.5 Å². The Morgan fingerprint density at radius 3 is 2.47 bits per heavy atom. The number of halogens is 1. The molecule has 0 amide bonds. The van der Waals surface area contributed by atoms with E-state index in [0.717, 1.165) is 24.2 Å². The highest BCUT2D eigenvalue weighted by molar-refractivity contribution is 6.18. The second kappa shape index (κ2) is 6.05. The Hall–Kier alpha value is -1.03. The van der Waals surface area contributed by atoms with Gasteiger partial charge in [0.1, 0.15) is 12.1 Å². The van der Waals surface area contributed by atoms with Gasteiger partial charge in [-0.1, -0.05) is 13.8 Å². The first-order valence-corrected chi connectivity index (χ1v) is 6.35. The van der Waals surface area contributed by atoms with Crippen LogP contribution in [0.3, 0.4) is 0 Å². The van der Waals surface area contributed by atoms with Crippen LogP contribution in [-0.2, 0) is 0 Å². The second-order valence-electron chi connectivity index (χ2n) is 4.10. The zero-order valence-corrected chi connectivity index (χ0v) is 11.6. The summed E-state index contributed by atoms with van der Waals surface area (Å²) >= 11 is 6.06. The number of rotatable bonds is 6. The van der Waals surface area contributed by atoms with Crippen molar-refractivity contribution in [3.63, 3.8) is 0 Å². The van der Waals surface area contributed by atoms with Gasteiger partial charge in [0, 0.05) is 5.88 Å². The molecule has 0 aliphatic rings. The molecule has 17 heavy (non-hydrogen) atoms. The molecule has 0 bridgehead atoms. The maximum Gasteiger partial charge on any atom is 0.221 e. The Kier molecular flexibility index (Phi) is 5.00. The molecule has 96 valence electrons. The molecular weight excluding hydrogens is 238 g/mol. The van der Waals surface area contributed by atoms with Gasteiger partial charge in [0.2, 0.25) is 5.88 Å². The fourth-order valence-electron chi connectivity index (χ4n) is 1.67. The minimum Gasteiger partial charge on any atom is -0.481 e. The molecule has 0 saturated carbocycles. The quantitative estimate of drug-likeness (QED) is 0.796. The van der Waals surface area contributed by atoms with Crippen molar-refractivity contribution in [3.8, 4) is 5.88 Å². The molecule has 1 rings (SSSR count). The zero-order chi connectivity index (χ0) is 12.9. The minimum absolute atomic E-state index is 0.119. The van der Waals surface area contributed by atoms with Crippen molar-refractivity contribution in [2.75, 3.05) is 18.3 Å². The average molecular weight is 258 g/mol. The first-order chi connectivity index (χ1) is 8.12. The number of ether oxygens (including phenoxy) is 1. The average Bonchev–Trinajstić information content (AvgIpc) is 2.38. The number of hydrogen-bond donors (Lipinski definition) is 1. The van der Waals surface area contributed by atoms with Crippen LogP contribution in [0.1, 0.15) is 32.3 Å². The lowest BCUT2D eigenvalue weighted by Crippen LogP contribution is -2.39. The fraction of sp³-hybridized carbons (Fsp3) is 0.667. The van der Waals surface area contributed by atoms with Crippen LogP contribution in [0.15, 0.2) is 6.33 Å². The van der Waals surface area contributed by atoms with Crippen molar-refractivity contribution in [2.24, 2.45) is 0 Å². The SMILES string of the molecule is CCC(CC)(CCl)Nc1ncnc(OC)c1C. The van der Waals surface area contributed by atoms with Crippen LogP contribution in [0.2, 0.25) is 0 Å². The van der Waals surface area contributed by atoms with Crippen molar-refractivity contribution in [1.29, 1.82) is 0 Å². The molecule has 0 aromatic carbocycles. The van der Waals surface area contributed by atoms with Crippen LogP contribution >= 0.6 is 11.6 Å². The normalized spacial score (nSPS) is 11.4. The van der Waals surface area contributed by atoms with Gasteiger partial charge in [-0.25, -0.2) is 9.97 Å². The number of hydrogen-bond acceptors (Lipinski definition) is 4. The molecule has 1 heterocycles. The number of aromatic nitrogens is 2. The summed E-state index contributed by atoms with van der Waals surface area (Å²) in [4.78, 5) is 8.31. The summed E-state index contributed by atoms with van der Waals surface area (Å²) < 4.78 is 5.18. The van der Waals surface area contributed by atoms with Gasteiger partial charge < -0.3 is 10.1 Å². The molecule has 0 aliphatic carbocycles. The molecule has 0 atom stereocenters. The highest BCUT2D eigenvalue weighted by atomic mass is 35.5. The molecule has 0 saturated heterocycles. The first kappa shape index (κ1) is 14.0. The van der Waals surface area contributed by atoms with E-state index < -0.39 is 0 Å². The van der Waals surface area contributed by atoms with Crippen LogP contribution < -0.4 is 10.1 Å². The molecule has 4 nitrogen and oxygen atoms in total. The maximum atomic E-state index is 6.06. The lowest BCUT2D eigenvalue weighted by atomic mass is 9.95. The number of alkyl halides is 1. The Balaban J connectivity index is 3.01. The van der Waals surface area contributed by atoms with Gasteiger partial charge in [-0.05, 0) is 19.8 Å². The second-order valence-corrected chi connectivity index (χ2v) is 4.37. The Morgan fingerprint density at radius 2 is 2.00 bits per heavy atom. The first-order valence-electron chi connectivity index (χ1n) is 5.82. The maximum absolute atomic E-state index is 6.06. The van der Waals surface area contributed by atoms with Crippen molar-refractivity contribution >= 4 is 17.4 Å². The van der Waals surface area contributed by atoms with Crippen molar-refractivity contribution < 1.29 is 4.74 Å². The van der Waals surface area contributed by atoms with Gasteiger partial charge in [0.25, 0.3) is 0 Å². The predicted octanol–water partition coefficient (Wildman–Crippen LogP) is 3.00. The smallest absolute Gasteiger partial charge is 0.221 e. The van der Waals surface area contributed by atoms with Gasteiger partial charge in [-0.3, -0.25) is 0 Å². The number of nitrogens with one attached hydrogen (secondary N) is 1. The largest absolute Gasteiger partial charge is 0.481 e. The third-order valence-corrected chi connectivity index (χ3v) is 3.74. The van der Waals surface area contributed by atoms with Gasteiger partial charge in [0.15, 0.2) is 0 Å². The summed E-state index contributed by atoms with van der Waals surface area (Å²) in [6, 6.07) is 0. The molecule has 1 aromatic rings. The van der Waals surface area contributed by atoms with Crippen molar-refractivity contribution in [2.45, 2.75) is 39.2 Å². The molecule has 0 unspecified atom stereocenters.